The highest BCUT2D eigenvalue weighted by atomic mass is 35.5. The maximum Gasteiger partial charge on any atom is 0.151 e. The van der Waals surface area contributed by atoms with Crippen LogP contribution in [0.1, 0.15) is 11.4 Å². The number of halogens is 1. The molecule has 17 heavy (non-hydrogen) atoms. The van der Waals surface area contributed by atoms with E-state index in [1.807, 2.05) is 17.7 Å². The summed E-state index contributed by atoms with van der Waals surface area (Å²) in [4.78, 5) is 0. The van der Waals surface area contributed by atoms with E-state index >= 15 is 0 Å². The summed E-state index contributed by atoms with van der Waals surface area (Å²) in [5.74, 6) is 0.825. The Balaban J connectivity index is 2.08. The van der Waals surface area contributed by atoms with Gasteiger partial charge in [-0.15, -0.1) is 10.2 Å². The van der Waals surface area contributed by atoms with Crippen molar-refractivity contribution in [2.45, 2.75) is 6.54 Å². The molecule has 0 bridgehead atoms. The van der Waals surface area contributed by atoms with E-state index in [0.717, 1.165) is 11.5 Å². The molecule has 0 aliphatic carbocycles. The molecule has 0 atom stereocenters. The average molecular weight is 248 g/mol. The summed E-state index contributed by atoms with van der Waals surface area (Å²) in [7, 11) is 1.88. The number of aromatic nitrogens is 3. The predicted molar refractivity (Wildman–Crippen MR) is 64.5 cm³/mol. The Morgan fingerprint density at radius 3 is 2.94 bits per heavy atom. The highest BCUT2D eigenvalue weighted by Crippen LogP contribution is 2.20. The molecular weight excluding hydrogens is 238 g/mol. The fourth-order valence-corrected chi connectivity index (χ4v) is 1.59. The van der Waals surface area contributed by atoms with E-state index in [9.17, 15) is 0 Å². The Labute approximate surface area is 104 Å². The van der Waals surface area contributed by atoms with E-state index in [4.69, 9.17) is 16.9 Å². The van der Waals surface area contributed by atoms with Crippen LogP contribution in [0.2, 0.25) is 5.02 Å². The Morgan fingerprint density at radius 2 is 2.35 bits per heavy atom. The van der Waals surface area contributed by atoms with Gasteiger partial charge in [-0.3, -0.25) is 0 Å². The molecule has 0 unspecified atom stereocenters. The Bertz CT molecular complexity index is 569. The number of aryl methyl sites for hydroxylation is 1. The van der Waals surface area contributed by atoms with E-state index < -0.39 is 0 Å². The van der Waals surface area contributed by atoms with Crippen molar-refractivity contribution in [3.63, 3.8) is 0 Å². The van der Waals surface area contributed by atoms with Gasteiger partial charge in [0, 0.05) is 12.7 Å². The minimum atomic E-state index is 0.440. The van der Waals surface area contributed by atoms with Crippen LogP contribution in [0, 0.1) is 11.3 Å². The number of nitrogens with zero attached hydrogens (tertiary/aromatic N) is 4. The van der Waals surface area contributed by atoms with Crippen molar-refractivity contribution in [1.82, 2.24) is 14.8 Å². The highest BCUT2D eigenvalue weighted by Gasteiger charge is 2.03. The minimum Gasteiger partial charge on any atom is -0.378 e. The molecule has 6 heteroatoms. The molecule has 5 nitrogen and oxygen atoms in total. The van der Waals surface area contributed by atoms with Gasteiger partial charge in [-0.1, -0.05) is 11.6 Å². The molecule has 0 aliphatic rings. The molecule has 1 aromatic heterocycles. The standard InChI is InChI=1S/C11H10ClN5/c1-17-7-15-16-11(17)6-14-9-3-2-8(5-13)10(12)4-9/h2-4,7,14H,6H2,1H3. The zero-order valence-electron chi connectivity index (χ0n) is 9.18. The van der Waals surface area contributed by atoms with Gasteiger partial charge in [-0.05, 0) is 18.2 Å². The molecule has 2 rings (SSSR count). The molecule has 0 saturated heterocycles. The second-order valence-electron chi connectivity index (χ2n) is 3.52. The third-order valence-electron chi connectivity index (χ3n) is 2.35. The highest BCUT2D eigenvalue weighted by molar-refractivity contribution is 6.32. The molecule has 1 heterocycles. The van der Waals surface area contributed by atoms with Gasteiger partial charge in [0.1, 0.15) is 12.4 Å². The number of hydrogen-bond donors (Lipinski definition) is 1. The summed E-state index contributed by atoms with van der Waals surface area (Å²) in [5.41, 5.74) is 1.31. The third kappa shape index (κ3) is 2.55. The lowest BCUT2D eigenvalue weighted by Crippen LogP contribution is -2.05. The number of nitrogens with one attached hydrogen (secondary N) is 1. The van der Waals surface area contributed by atoms with E-state index in [1.54, 1.807) is 24.5 Å². The molecule has 1 aromatic carbocycles. The summed E-state index contributed by atoms with van der Waals surface area (Å²) < 4.78 is 1.83. The van der Waals surface area contributed by atoms with Gasteiger partial charge in [0.15, 0.2) is 5.82 Å². The van der Waals surface area contributed by atoms with Crippen LogP contribution >= 0.6 is 11.6 Å². The average Bonchev–Trinajstić information content (AvgIpc) is 2.72. The molecule has 0 fully saturated rings. The molecule has 1 N–H and O–H groups in total. The summed E-state index contributed by atoms with van der Waals surface area (Å²) >= 11 is 5.93. The second-order valence-corrected chi connectivity index (χ2v) is 3.93. The third-order valence-corrected chi connectivity index (χ3v) is 2.66. The molecule has 2 aromatic rings. The maximum atomic E-state index is 8.75. The van der Waals surface area contributed by atoms with E-state index in [0.29, 0.717) is 17.1 Å². The van der Waals surface area contributed by atoms with Gasteiger partial charge in [0.2, 0.25) is 0 Å². The number of anilines is 1. The first-order valence-electron chi connectivity index (χ1n) is 4.97. The van der Waals surface area contributed by atoms with Crippen LogP contribution in [-0.2, 0) is 13.6 Å². The number of benzene rings is 1. The molecule has 86 valence electrons. The van der Waals surface area contributed by atoms with Gasteiger partial charge < -0.3 is 9.88 Å². The smallest absolute Gasteiger partial charge is 0.151 e. The van der Waals surface area contributed by atoms with E-state index in [2.05, 4.69) is 15.5 Å². The van der Waals surface area contributed by atoms with Crippen molar-refractivity contribution >= 4 is 17.3 Å². The zero-order chi connectivity index (χ0) is 12.3. The van der Waals surface area contributed by atoms with Crippen LogP contribution in [0.15, 0.2) is 24.5 Å². The monoisotopic (exact) mass is 247 g/mol. The van der Waals surface area contributed by atoms with Crippen LogP contribution in [-0.4, -0.2) is 14.8 Å². The van der Waals surface area contributed by atoms with Crippen molar-refractivity contribution in [2.24, 2.45) is 7.05 Å². The van der Waals surface area contributed by atoms with Gasteiger partial charge >= 0.3 is 0 Å². The van der Waals surface area contributed by atoms with E-state index in [1.165, 1.54) is 0 Å². The SMILES string of the molecule is Cn1cnnc1CNc1ccc(C#N)c(Cl)c1. The molecule has 0 aliphatic heterocycles. The number of hydrogen-bond acceptors (Lipinski definition) is 4. The lowest BCUT2D eigenvalue weighted by molar-refractivity contribution is 0.812. The van der Waals surface area contributed by atoms with Crippen molar-refractivity contribution < 1.29 is 0 Å². The lowest BCUT2D eigenvalue weighted by Gasteiger charge is -2.06. The fourth-order valence-electron chi connectivity index (χ4n) is 1.36. The number of rotatable bonds is 3. The topological polar surface area (TPSA) is 66.5 Å². The first kappa shape index (κ1) is 11.4. The first-order valence-corrected chi connectivity index (χ1v) is 5.35. The van der Waals surface area contributed by atoms with Gasteiger partial charge in [0.25, 0.3) is 0 Å². The van der Waals surface area contributed by atoms with Crippen molar-refractivity contribution in [3.05, 3.63) is 40.9 Å². The van der Waals surface area contributed by atoms with E-state index in [-0.39, 0.29) is 0 Å². The number of nitriles is 1. The van der Waals surface area contributed by atoms with Crippen molar-refractivity contribution in [3.8, 4) is 6.07 Å². The Morgan fingerprint density at radius 1 is 1.53 bits per heavy atom. The molecule has 0 saturated carbocycles. The van der Waals surface area contributed by atoms with Crippen LogP contribution in [0.3, 0.4) is 0 Å². The van der Waals surface area contributed by atoms with Crippen LogP contribution in [0.25, 0.3) is 0 Å². The van der Waals surface area contributed by atoms with Gasteiger partial charge in [-0.2, -0.15) is 5.26 Å². The Hall–Kier alpha value is -2.06. The van der Waals surface area contributed by atoms with Gasteiger partial charge in [0.05, 0.1) is 17.1 Å². The quantitative estimate of drug-likeness (QED) is 0.900. The maximum absolute atomic E-state index is 8.75. The fraction of sp³-hybridized carbons (Fsp3) is 0.182. The Kier molecular flexibility index (Phi) is 3.26. The largest absolute Gasteiger partial charge is 0.378 e. The summed E-state index contributed by atoms with van der Waals surface area (Å²) in [6.07, 6.45) is 1.64. The molecule has 0 amide bonds. The zero-order valence-corrected chi connectivity index (χ0v) is 9.94. The summed E-state index contributed by atoms with van der Waals surface area (Å²) in [6.45, 7) is 0.554. The summed E-state index contributed by atoms with van der Waals surface area (Å²) in [5, 5.41) is 20.1. The van der Waals surface area contributed by atoms with Crippen molar-refractivity contribution in [1.29, 1.82) is 5.26 Å². The predicted octanol–water partition coefficient (Wildman–Crippen LogP) is 1.95. The first-order chi connectivity index (χ1) is 8.20. The normalized spacial score (nSPS) is 9.94. The second kappa shape index (κ2) is 4.85. The molecule has 0 radical (unpaired) electrons. The van der Waals surface area contributed by atoms with Gasteiger partial charge in [-0.25, -0.2) is 0 Å². The molecule has 0 spiro atoms. The summed E-state index contributed by atoms with van der Waals surface area (Å²) in [6, 6.07) is 7.22. The van der Waals surface area contributed by atoms with Crippen LogP contribution in [0.5, 0.6) is 0 Å². The van der Waals surface area contributed by atoms with Crippen LogP contribution < -0.4 is 5.32 Å². The van der Waals surface area contributed by atoms with Crippen molar-refractivity contribution in [2.75, 3.05) is 5.32 Å². The lowest BCUT2D eigenvalue weighted by atomic mass is 10.2. The van der Waals surface area contributed by atoms with Crippen LogP contribution in [0.4, 0.5) is 5.69 Å². The molecular formula is C11H10ClN5. The minimum absolute atomic E-state index is 0.440.